The van der Waals surface area contributed by atoms with Crippen molar-refractivity contribution in [2.24, 2.45) is 28.8 Å². The second-order valence-electron chi connectivity index (χ2n) is 11.5. The van der Waals surface area contributed by atoms with Crippen LogP contribution >= 0.6 is 0 Å². The van der Waals surface area contributed by atoms with Crippen LogP contribution in [0.3, 0.4) is 0 Å². The highest BCUT2D eigenvalue weighted by Crippen LogP contribution is 2.50. The van der Waals surface area contributed by atoms with Gasteiger partial charge < -0.3 is 45.0 Å². The van der Waals surface area contributed by atoms with Crippen molar-refractivity contribution in [3.63, 3.8) is 0 Å². The highest BCUT2D eigenvalue weighted by Gasteiger charge is 2.60. The van der Waals surface area contributed by atoms with Crippen LogP contribution in [0, 0.1) is 23.7 Å². The SMILES string of the molecule is O=C1[C@H]2[C@H]3[C@H](O)[C@H](O)CC(=NO[C@@H]4O[C@H](CO)[C@@H](O)[C@H](O)[C@H]4O)[C@H]3CC[C@H]2C(=O)N1c1cccc(Oc2ccccc2)c1. The Morgan fingerprint density at radius 1 is 0.837 bits per heavy atom. The number of hydrogen-bond donors (Lipinski definition) is 6. The van der Waals surface area contributed by atoms with Gasteiger partial charge in [-0.3, -0.25) is 9.59 Å². The lowest BCUT2D eigenvalue weighted by atomic mass is 9.60. The smallest absolute Gasteiger partial charge is 0.256 e. The quantitative estimate of drug-likeness (QED) is 0.192. The number of nitrogens with zero attached hydrogens (tertiary/aromatic N) is 2. The number of imide groups is 1. The van der Waals surface area contributed by atoms with Crippen LogP contribution in [0.1, 0.15) is 19.3 Å². The lowest BCUT2D eigenvalue weighted by Gasteiger charge is -2.45. The molecule has 2 aliphatic heterocycles. The Morgan fingerprint density at radius 2 is 1.56 bits per heavy atom. The van der Waals surface area contributed by atoms with Gasteiger partial charge in [0.2, 0.25) is 11.8 Å². The first-order chi connectivity index (χ1) is 20.7. The van der Waals surface area contributed by atoms with Crippen LogP contribution < -0.4 is 9.64 Å². The zero-order valence-corrected chi connectivity index (χ0v) is 23.0. The molecule has 0 unspecified atom stereocenters. The fourth-order valence-corrected chi connectivity index (χ4v) is 6.81. The minimum Gasteiger partial charge on any atom is -0.457 e. The molecule has 2 saturated heterocycles. The number of carbonyl (C=O) groups is 2. The van der Waals surface area contributed by atoms with Gasteiger partial charge in [0.15, 0.2) is 0 Å². The van der Waals surface area contributed by atoms with Gasteiger partial charge in [0.05, 0.1) is 42.0 Å². The van der Waals surface area contributed by atoms with Crippen LogP contribution in [0.15, 0.2) is 59.8 Å². The number of oxime groups is 1. The van der Waals surface area contributed by atoms with Gasteiger partial charge in [0.25, 0.3) is 6.29 Å². The second kappa shape index (κ2) is 11.9. The number of carbonyl (C=O) groups excluding carboxylic acids is 2. The van der Waals surface area contributed by atoms with Crippen LogP contribution in [0.4, 0.5) is 5.69 Å². The van der Waals surface area contributed by atoms with Crippen LogP contribution in [0.2, 0.25) is 0 Å². The van der Waals surface area contributed by atoms with Gasteiger partial charge in [-0.05, 0) is 37.1 Å². The summed E-state index contributed by atoms with van der Waals surface area (Å²) in [4.78, 5) is 34.0. The van der Waals surface area contributed by atoms with Crippen molar-refractivity contribution in [2.75, 3.05) is 11.5 Å². The molecule has 0 aromatic heterocycles. The molecule has 2 aromatic carbocycles. The summed E-state index contributed by atoms with van der Waals surface area (Å²) in [6.07, 6.45) is -9.66. The van der Waals surface area contributed by atoms with Crippen LogP contribution in [-0.2, 0) is 19.2 Å². The van der Waals surface area contributed by atoms with Crippen molar-refractivity contribution < 1.29 is 54.5 Å². The Labute approximate surface area is 246 Å². The molecule has 2 saturated carbocycles. The molecule has 230 valence electrons. The summed E-state index contributed by atoms with van der Waals surface area (Å²) in [5.41, 5.74) is 0.634. The van der Waals surface area contributed by atoms with E-state index in [0.29, 0.717) is 35.7 Å². The minimum atomic E-state index is -1.68. The Kier molecular flexibility index (Phi) is 8.22. The average Bonchev–Trinajstić information content (AvgIpc) is 3.27. The third kappa shape index (κ3) is 5.31. The Balaban J connectivity index is 1.24. The van der Waals surface area contributed by atoms with E-state index in [4.69, 9.17) is 14.3 Å². The molecule has 6 rings (SSSR count). The maximum Gasteiger partial charge on any atom is 0.256 e. The van der Waals surface area contributed by atoms with E-state index < -0.39 is 85.0 Å². The van der Waals surface area contributed by atoms with Crippen LogP contribution in [-0.4, -0.2) is 97.7 Å². The Hall–Kier alpha value is -3.43. The van der Waals surface area contributed by atoms with E-state index in [1.54, 1.807) is 36.4 Å². The number of ether oxygens (including phenoxy) is 2. The van der Waals surface area contributed by atoms with Crippen LogP contribution in [0.25, 0.3) is 0 Å². The van der Waals surface area contributed by atoms with Crippen molar-refractivity contribution >= 4 is 23.2 Å². The van der Waals surface area contributed by atoms with E-state index in [1.807, 2.05) is 18.2 Å². The lowest BCUT2D eigenvalue weighted by Crippen LogP contribution is -2.59. The third-order valence-electron chi connectivity index (χ3n) is 8.96. The number of benzene rings is 2. The van der Waals surface area contributed by atoms with E-state index in [1.165, 1.54) is 0 Å². The third-order valence-corrected chi connectivity index (χ3v) is 8.96. The largest absolute Gasteiger partial charge is 0.457 e. The molecule has 0 spiro atoms. The van der Waals surface area contributed by atoms with E-state index in [-0.39, 0.29) is 6.42 Å². The summed E-state index contributed by atoms with van der Waals surface area (Å²) in [7, 11) is 0. The summed E-state index contributed by atoms with van der Waals surface area (Å²) in [5, 5.41) is 65.8. The van der Waals surface area contributed by atoms with Crippen molar-refractivity contribution in [3.05, 3.63) is 54.6 Å². The van der Waals surface area contributed by atoms with Gasteiger partial charge in [0, 0.05) is 24.3 Å². The van der Waals surface area contributed by atoms with Crippen molar-refractivity contribution in [2.45, 2.75) is 62.2 Å². The van der Waals surface area contributed by atoms with Crippen molar-refractivity contribution in [3.8, 4) is 11.5 Å². The molecule has 6 N–H and O–H groups in total. The number of hydrogen-bond acceptors (Lipinski definition) is 12. The molecule has 11 atom stereocenters. The summed E-state index contributed by atoms with van der Waals surface area (Å²) in [6.45, 7) is -0.645. The average molecular weight is 599 g/mol. The summed E-state index contributed by atoms with van der Waals surface area (Å²) >= 11 is 0. The minimum absolute atomic E-state index is 0.0954. The van der Waals surface area contributed by atoms with Gasteiger partial charge in [0.1, 0.15) is 35.9 Å². The Bertz CT molecular complexity index is 1370. The number of aliphatic hydroxyl groups excluding tert-OH is 6. The fourth-order valence-electron chi connectivity index (χ4n) is 6.81. The number of amides is 2. The van der Waals surface area contributed by atoms with E-state index in [9.17, 15) is 40.2 Å². The topological polar surface area (TPSA) is 199 Å². The standard InChI is InChI=1S/C30H34N2O11/c33-13-21-25(36)26(37)27(38)30(42-21)43-31-19-12-20(34)24(35)22-17(19)9-10-18-23(22)29(40)32(28(18)39)14-5-4-8-16(11-14)41-15-6-2-1-3-7-15/h1-8,11,17-18,20-27,30,33-38H,9-10,12-13H2/t17-,18-,20-,21-,22+,23-,24-,25-,26+,27-,30+/m1/s1. The predicted molar refractivity (Wildman–Crippen MR) is 148 cm³/mol. The van der Waals surface area contributed by atoms with Crippen molar-refractivity contribution in [1.82, 2.24) is 0 Å². The molecule has 2 heterocycles. The first-order valence-corrected chi connectivity index (χ1v) is 14.3. The highest BCUT2D eigenvalue weighted by atomic mass is 16.8. The summed E-state index contributed by atoms with van der Waals surface area (Å²) in [5.74, 6) is -2.87. The molecule has 0 radical (unpaired) electrons. The van der Waals surface area contributed by atoms with Crippen LogP contribution in [0.5, 0.6) is 11.5 Å². The fraction of sp³-hybridized carbons (Fsp3) is 0.500. The molecule has 43 heavy (non-hydrogen) atoms. The van der Waals surface area contributed by atoms with Gasteiger partial charge in [-0.25, -0.2) is 4.90 Å². The molecule has 0 bridgehead atoms. The second-order valence-corrected chi connectivity index (χ2v) is 11.5. The maximum atomic E-state index is 13.9. The zero-order chi connectivity index (χ0) is 30.4. The molecule has 13 nitrogen and oxygen atoms in total. The molecule has 2 aromatic rings. The molecule has 4 fully saturated rings. The molecule has 13 heteroatoms. The highest BCUT2D eigenvalue weighted by molar-refractivity contribution is 6.22. The molecule has 4 aliphatic rings. The van der Waals surface area contributed by atoms with Gasteiger partial charge in [-0.1, -0.05) is 29.4 Å². The lowest BCUT2D eigenvalue weighted by molar-refractivity contribution is -0.301. The van der Waals surface area contributed by atoms with E-state index >= 15 is 0 Å². The zero-order valence-electron chi connectivity index (χ0n) is 23.0. The first kappa shape index (κ1) is 29.6. The van der Waals surface area contributed by atoms with Gasteiger partial charge in [-0.2, -0.15) is 0 Å². The van der Waals surface area contributed by atoms with Crippen molar-refractivity contribution in [1.29, 1.82) is 0 Å². The maximum absolute atomic E-state index is 13.9. The number of anilines is 1. The monoisotopic (exact) mass is 598 g/mol. The molecular formula is C30H34N2O11. The first-order valence-electron chi connectivity index (χ1n) is 14.3. The van der Waals surface area contributed by atoms with E-state index in [2.05, 4.69) is 5.16 Å². The van der Waals surface area contributed by atoms with Gasteiger partial charge >= 0.3 is 0 Å². The summed E-state index contributed by atoms with van der Waals surface area (Å²) < 4.78 is 11.2. The predicted octanol–water partition coefficient (Wildman–Crippen LogP) is -0.0913. The Morgan fingerprint density at radius 3 is 2.30 bits per heavy atom. The number of rotatable bonds is 6. The van der Waals surface area contributed by atoms with E-state index in [0.717, 1.165) is 4.90 Å². The molecular weight excluding hydrogens is 564 g/mol. The molecule has 2 amide bonds. The number of para-hydroxylation sites is 1. The summed E-state index contributed by atoms with van der Waals surface area (Å²) in [6, 6.07) is 15.7. The normalized spacial score (nSPS) is 38.5. The van der Waals surface area contributed by atoms with Gasteiger partial charge in [-0.15, -0.1) is 0 Å². The number of aliphatic hydroxyl groups is 6. The number of fused-ring (bicyclic) bond motifs is 3. The molecule has 2 aliphatic carbocycles.